The van der Waals surface area contributed by atoms with Crippen LogP contribution in [0.4, 0.5) is 5.95 Å². The molecule has 0 aliphatic carbocycles. The lowest BCUT2D eigenvalue weighted by Gasteiger charge is -2.34. The van der Waals surface area contributed by atoms with Crippen LogP contribution in [0.2, 0.25) is 0 Å². The highest BCUT2D eigenvalue weighted by atomic mass is 16.2. The van der Waals surface area contributed by atoms with E-state index in [1.54, 1.807) is 13.1 Å². The Morgan fingerprint density at radius 3 is 2.71 bits per heavy atom. The van der Waals surface area contributed by atoms with Crippen LogP contribution in [0.1, 0.15) is 16.1 Å². The predicted molar refractivity (Wildman–Crippen MR) is 105 cm³/mol. The van der Waals surface area contributed by atoms with E-state index >= 15 is 0 Å². The Morgan fingerprint density at radius 1 is 1.11 bits per heavy atom. The van der Waals surface area contributed by atoms with Crippen molar-refractivity contribution in [3.8, 4) is 0 Å². The second-order valence-electron chi connectivity index (χ2n) is 6.95. The number of hydrogen-bond donors (Lipinski definition) is 2. The number of hydrogen-bond acceptors (Lipinski definition) is 5. The Morgan fingerprint density at radius 2 is 1.89 bits per heavy atom. The molecule has 1 amide bonds. The van der Waals surface area contributed by atoms with E-state index in [2.05, 4.69) is 20.1 Å². The van der Waals surface area contributed by atoms with Gasteiger partial charge in [0.25, 0.3) is 17.2 Å². The normalized spacial score (nSPS) is 14.9. The maximum atomic E-state index is 12.9. The monoisotopic (exact) mass is 377 g/mol. The molecule has 4 aromatic rings. The summed E-state index contributed by atoms with van der Waals surface area (Å²) in [6.45, 7) is 4.18. The number of aromatic amines is 2. The van der Waals surface area contributed by atoms with Gasteiger partial charge in [-0.25, -0.2) is 4.98 Å². The van der Waals surface area contributed by atoms with Crippen molar-refractivity contribution in [1.82, 2.24) is 29.5 Å². The number of carbonyl (C=O) groups is 1. The van der Waals surface area contributed by atoms with Crippen molar-refractivity contribution in [2.24, 2.45) is 0 Å². The molecule has 5 rings (SSSR count). The van der Waals surface area contributed by atoms with Gasteiger partial charge >= 0.3 is 0 Å². The first-order valence-corrected chi connectivity index (χ1v) is 9.17. The topological polar surface area (TPSA) is 102 Å². The van der Waals surface area contributed by atoms with Gasteiger partial charge in [-0.1, -0.05) is 18.2 Å². The molecular weight excluding hydrogens is 358 g/mol. The Labute approximate surface area is 159 Å². The van der Waals surface area contributed by atoms with E-state index in [4.69, 9.17) is 0 Å². The summed E-state index contributed by atoms with van der Waals surface area (Å²) >= 11 is 0. The van der Waals surface area contributed by atoms with Crippen LogP contribution in [-0.2, 0) is 0 Å². The molecule has 9 nitrogen and oxygen atoms in total. The Hall–Kier alpha value is -3.62. The zero-order valence-corrected chi connectivity index (χ0v) is 15.3. The average Bonchev–Trinajstić information content (AvgIpc) is 3.32. The van der Waals surface area contributed by atoms with Gasteiger partial charge in [0.05, 0.1) is 5.56 Å². The van der Waals surface area contributed by atoms with Gasteiger partial charge < -0.3 is 14.8 Å². The van der Waals surface area contributed by atoms with E-state index in [-0.39, 0.29) is 11.5 Å². The molecule has 0 unspecified atom stereocenters. The number of anilines is 1. The summed E-state index contributed by atoms with van der Waals surface area (Å²) in [6, 6.07) is 9.26. The number of nitrogens with one attached hydrogen (secondary N) is 2. The van der Waals surface area contributed by atoms with Crippen LogP contribution in [0.3, 0.4) is 0 Å². The van der Waals surface area contributed by atoms with E-state index in [9.17, 15) is 9.59 Å². The van der Waals surface area contributed by atoms with Crippen LogP contribution in [0.25, 0.3) is 16.7 Å². The van der Waals surface area contributed by atoms with Crippen LogP contribution in [0.15, 0.2) is 41.3 Å². The van der Waals surface area contributed by atoms with Crippen LogP contribution in [0.5, 0.6) is 0 Å². The van der Waals surface area contributed by atoms with E-state index in [1.165, 1.54) is 10.6 Å². The molecule has 1 aliphatic rings. The summed E-state index contributed by atoms with van der Waals surface area (Å²) < 4.78 is 1.34. The SMILES string of the molecule is Cc1cc(=O)n2[nH]c(N3CCN(C(=O)c4c[nH]c5ccccc45)CC3)nc2n1. The van der Waals surface area contributed by atoms with Gasteiger partial charge in [-0.15, -0.1) is 0 Å². The molecule has 0 bridgehead atoms. The molecular formula is C19H19N7O2. The van der Waals surface area contributed by atoms with Crippen LogP contribution in [-0.4, -0.2) is 61.6 Å². The first-order chi connectivity index (χ1) is 13.6. The summed E-state index contributed by atoms with van der Waals surface area (Å²) in [5.41, 5.74) is 2.10. The highest BCUT2D eigenvalue weighted by Gasteiger charge is 2.25. The van der Waals surface area contributed by atoms with Crippen molar-refractivity contribution in [1.29, 1.82) is 0 Å². The van der Waals surface area contributed by atoms with E-state index < -0.39 is 0 Å². The van der Waals surface area contributed by atoms with Gasteiger partial charge in [-0.2, -0.15) is 9.50 Å². The van der Waals surface area contributed by atoms with Crippen molar-refractivity contribution >= 4 is 28.5 Å². The van der Waals surface area contributed by atoms with E-state index in [0.717, 1.165) is 10.9 Å². The minimum Gasteiger partial charge on any atom is -0.360 e. The van der Waals surface area contributed by atoms with Crippen LogP contribution in [0, 0.1) is 6.92 Å². The second-order valence-corrected chi connectivity index (χ2v) is 6.95. The third-order valence-electron chi connectivity index (χ3n) is 5.13. The fourth-order valence-corrected chi connectivity index (χ4v) is 3.66. The first kappa shape index (κ1) is 16.5. The Kier molecular flexibility index (Phi) is 3.68. The number of aromatic nitrogens is 5. The average molecular weight is 377 g/mol. The molecule has 0 spiro atoms. The molecule has 0 radical (unpaired) electrons. The summed E-state index contributed by atoms with van der Waals surface area (Å²) in [4.78, 5) is 40.8. The molecule has 1 saturated heterocycles. The number of nitrogens with zero attached hydrogens (tertiary/aromatic N) is 5. The number of amides is 1. The predicted octanol–water partition coefficient (Wildman–Crippen LogP) is 1.17. The molecule has 0 atom stereocenters. The number of aryl methyl sites for hydroxylation is 1. The zero-order chi connectivity index (χ0) is 19.3. The molecule has 1 aromatic carbocycles. The molecule has 1 aliphatic heterocycles. The second kappa shape index (κ2) is 6.22. The molecule has 9 heteroatoms. The van der Waals surface area contributed by atoms with Gasteiger partial charge in [0.15, 0.2) is 0 Å². The van der Waals surface area contributed by atoms with Crippen molar-refractivity contribution in [2.75, 3.05) is 31.1 Å². The van der Waals surface area contributed by atoms with Crippen LogP contribution >= 0.6 is 0 Å². The lowest BCUT2D eigenvalue weighted by molar-refractivity contribution is 0.0748. The highest BCUT2D eigenvalue weighted by Crippen LogP contribution is 2.20. The zero-order valence-electron chi connectivity index (χ0n) is 15.3. The highest BCUT2D eigenvalue weighted by molar-refractivity contribution is 6.06. The van der Waals surface area contributed by atoms with Gasteiger partial charge in [0, 0.05) is 55.0 Å². The minimum atomic E-state index is -0.186. The fourth-order valence-electron chi connectivity index (χ4n) is 3.66. The molecule has 3 aromatic heterocycles. The van der Waals surface area contributed by atoms with Crippen LogP contribution < -0.4 is 10.5 Å². The fraction of sp³-hybridized carbons (Fsp3) is 0.263. The van der Waals surface area contributed by atoms with Crippen molar-refractivity contribution < 1.29 is 4.79 Å². The number of rotatable bonds is 2. The van der Waals surface area contributed by atoms with Gasteiger partial charge in [0.2, 0.25) is 5.95 Å². The Balaban J connectivity index is 1.34. The largest absolute Gasteiger partial charge is 0.360 e. The van der Waals surface area contributed by atoms with E-state index in [0.29, 0.717) is 49.2 Å². The smallest absolute Gasteiger partial charge is 0.274 e. The summed E-state index contributed by atoms with van der Waals surface area (Å²) in [6.07, 6.45) is 1.78. The van der Waals surface area contributed by atoms with Gasteiger partial charge in [0.1, 0.15) is 0 Å². The molecule has 4 heterocycles. The minimum absolute atomic E-state index is 0.0233. The van der Waals surface area contributed by atoms with Gasteiger partial charge in [-0.05, 0) is 13.0 Å². The third kappa shape index (κ3) is 2.63. The number of para-hydroxylation sites is 1. The maximum Gasteiger partial charge on any atom is 0.274 e. The number of carbonyl (C=O) groups excluding carboxylic acids is 1. The summed E-state index contributed by atoms with van der Waals surface area (Å²) in [7, 11) is 0. The lowest BCUT2D eigenvalue weighted by Crippen LogP contribution is -2.49. The Bertz CT molecular complexity index is 1240. The summed E-state index contributed by atoms with van der Waals surface area (Å²) in [5.74, 6) is 0.974. The number of H-pyrrole nitrogens is 2. The number of fused-ring (bicyclic) bond motifs is 2. The quantitative estimate of drug-likeness (QED) is 0.546. The van der Waals surface area contributed by atoms with Crippen molar-refractivity contribution in [3.63, 3.8) is 0 Å². The third-order valence-corrected chi connectivity index (χ3v) is 5.13. The summed E-state index contributed by atoms with van der Waals surface area (Å²) in [5, 5.41) is 3.94. The molecule has 142 valence electrons. The van der Waals surface area contributed by atoms with Crippen molar-refractivity contribution in [2.45, 2.75) is 6.92 Å². The maximum absolute atomic E-state index is 12.9. The number of piperazine rings is 1. The lowest BCUT2D eigenvalue weighted by atomic mass is 10.1. The standard InChI is InChI=1S/C19H19N7O2/c1-12-10-16(27)26-18(21-12)22-19(23-26)25-8-6-24(7-9-25)17(28)14-11-20-15-5-3-2-4-13(14)15/h2-5,10-11,20H,6-9H2,1H3,(H,21,22,23). The van der Waals surface area contributed by atoms with E-state index in [1.807, 2.05) is 34.1 Å². The molecule has 2 N–H and O–H groups in total. The first-order valence-electron chi connectivity index (χ1n) is 9.17. The molecule has 1 fully saturated rings. The van der Waals surface area contributed by atoms with Crippen molar-refractivity contribution in [3.05, 3.63) is 58.1 Å². The number of benzene rings is 1. The molecule has 0 saturated carbocycles. The van der Waals surface area contributed by atoms with Gasteiger partial charge in [-0.3, -0.25) is 14.7 Å². The molecule has 28 heavy (non-hydrogen) atoms.